The summed E-state index contributed by atoms with van der Waals surface area (Å²) in [5.41, 5.74) is -0.367. The maximum Gasteiger partial charge on any atom is 0.254 e. The van der Waals surface area contributed by atoms with Gasteiger partial charge in [0.2, 0.25) is 10.0 Å². The molecule has 8 heteroatoms. The first-order chi connectivity index (χ1) is 10.7. The van der Waals surface area contributed by atoms with E-state index in [0.29, 0.717) is 18.7 Å². The lowest BCUT2D eigenvalue weighted by atomic mass is 10.1. The van der Waals surface area contributed by atoms with Gasteiger partial charge in [-0.2, -0.15) is 5.26 Å². The molecule has 1 heterocycles. The van der Waals surface area contributed by atoms with E-state index in [0.717, 1.165) is 6.42 Å². The summed E-state index contributed by atoms with van der Waals surface area (Å²) in [6.45, 7) is 3.56. The van der Waals surface area contributed by atoms with Gasteiger partial charge in [-0.25, -0.2) is 8.42 Å². The number of carbonyl (C=O) groups excluding carboxylic acids is 1. The molecular weight excluding hydrogens is 338 g/mol. The van der Waals surface area contributed by atoms with Crippen molar-refractivity contribution in [1.82, 2.24) is 5.32 Å². The second kappa shape index (κ2) is 6.38. The zero-order valence-corrected chi connectivity index (χ0v) is 14.5. The standard InChI is InChI=1S/C15H18ClN3O3S/c1-15(2,10-17)18-14(20)12-6-5-11(9-13(12)16)19-7-3-4-8-23(19,21)22/h5-6,9H,3-4,7-8H2,1-2H3,(H,18,20). The second-order valence-electron chi connectivity index (χ2n) is 5.95. The molecule has 124 valence electrons. The van der Waals surface area contributed by atoms with Crippen LogP contribution >= 0.6 is 11.6 Å². The van der Waals surface area contributed by atoms with Gasteiger partial charge in [0.1, 0.15) is 5.54 Å². The first-order valence-electron chi connectivity index (χ1n) is 7.20. The molecule has 0 bridgehead atoms. The molecule has 0 aromatic heterocycles. The number of hydrogen-bond acceptors (Lipinski definition) is 4. The summed E-state index contributed by atoms with van der Waals surface area (Å²) in [7, 11) is -3.33. The lowest BCUT2D eigenvalue weighted by Gasteiger charge is -2.28. The van der Waals surface area contributed by atoms with E-state index in [9.17, 15) is 13.2 Å². The first-order valence-corrected chi connectivity index (χ1v) is 9.19. The third-order valence-corrected chi connectivity index (χ3v) is 5.72. The Morgan fingerprint density at radius 3 is 2.65 bits per heavy atom. The summed E-state index contributed by atoms with van der Waals surface area (Å²) >= 11 is 6.14. The van der Waals surface area contributed by atoms with Crippen LogP contribution in [0, 0.1) is 11.3 Å². The van der Waals surface area contributed by atoms with Crippen LogP contribution < -0.4 is 9.62 Å². The van der Waals surface area contributed by atoms with Gasteiger partial charge >= 0.3 is 0 Å². The molecule has 0 unspecified atom stereocenters. The molecule has 1 N–H and O–H groups in total. The Balaban J connectivity index is 2.28. The molecule has 0 aliphatic carbocycles. The molecule has 1 aromatic carbocycles. The molecule has 1 amide bonds. The highest BCUT2D eigenvalue weighted by Crippen LogP contribution is 2.28. The highest BCUT2D eigenvalue weighted by Gasteiger charge is 2.27. The van der Waals surface area contributed by atoms with Crippen LogP contribution in [0.4, 0.5) is 5.69 Å². The summed E-state index contributed by atoms with van der Waals surface area (Å²) in [5.74, 6) is -0.363. The summed E-state index contributed by atoms with van der Waals surface area (Å²) < 4.78 is 25.5. The number of rotatable bonds is 3. The van der Waals surface area contributed by atoms with Gasteiger partial charge < -0.3 is 5.32 Å². The van der Waals surface area contributed by atoms with E-state index in [2.05, 4.69) is 5.32 Å². The minimum atomic E-state index is -3.33. The fourth-order valence-corrected chi connectivity index (χ4v) is 4.19. The highest BCUT2D eigenvalue weighted by atomic mass is 35.5. The van der Waals surface area contributed by atoms with Gasteiger partial charge in [-0.05, 0) is 44.9 Å². The number of benzene rings is 1. The summed E-state index contributed by atoms with van der Waals surface area (Å²) in [5, 5.41) is 11.7. The average molecular weight is 356 g/mol. The van der Waals surface area contributed by atoms with E-state index in [1.165, 1.54) is 16.4 Å². The fourth-order valence-electron chi connectivity index (χ4n) is 2.30. The maximum absolute atomic E-state index is 12.2. The van der Waals surface area contributed by atoms with Crippen LogP contribution in [0.25, 0.3) is 0 Å². The number of sulfonamides is 1. The predicted octanol–water partition coefficient (Wildman–Crippen LogP) is 2.30. The van der Waals surface area contributed by atoms with Crippen molar-refractivity contribution in [3.05, 3.63) is 28.8 Å². The predicted molar refractivity (Wildman–Crippen MR) is 89.0 cm³/mol. The van der Waals surface area contributed by atoms with Crippen LogP contribution in [-0.4, -0.2) is 32.2 Å². The lowest BCUT2D eigenvalue weighted by Crippen LogP contribution is -2.42. The van der Waals surface area contributed by atoms with Crippen molar-refractivity contribution >= 4 is 33.2 Å². The summed E-state index contributed by atoms with van der Waals surface area (Å²) in [6.07, 6.45) is 1.44. The Hall–Kier alpha value is -1.78. The average Bonchev–Trinajstić information content (AvgIpc) is 2.46. The second-order valence-corrected chi connectivity index (χ2v) is 8.37. The van der Waals surface area contributed by atoms with Crippen molar-refractivity contribution < 1.29 is 13.2 Å². The van der Waals surface area contributed by atoms with Crippen LogP contribution in [0.1, 0.15) is 37.0 Å². The molecule has 0 saturated carbocycles. The van der Waals surface area contributed by atoms with Gasteiger partial charge in [0, 0.05) is 6.54 Å². The van der Waals surface area contributed by atoms with Crippen LogP contribution in [0.5, 0.6) is 0 Å². The van der Waals surface area contributed by atoms with Crippen molar-refractivity contribution in [2.45, 2.75) is 32.2 Å². The van der Waals surface area contributed by atoms with Gasteiger partial charge in [0.15, 0.2) is 0 Å². The van der Waals surface area contributed by atoms with Crippen LogP contribution in [0.15, 0.2) is 18.2 Å². The van der Waals surface area contributed by atoms with E-state index < -0.39 is 21.5 Å². The van der Waals surface area contributed by atoms with Crippen LogP contribution in [0.2, 0.25) is 5.02 Å². The van der Waals surface area contributed by atoms with Gasteiger partial charge in [-0.3, -0.25) is 9.10 Å². The molecule has 0 radical (unpaired) electrons. The molecule has 23 heavy (non-hydrogen) atoms. The third kappa shape index (κ3) is 3.95. The van der Waals surface area contributed by atoms with E-state index in [4.69, 9.17) is 16.9 Å². The van der Waals surface area contributed by atoms with E-state index >= 15 is 0 Å². The monoisotopic (exact) mass is 355 g/mol. The maximum atomic E-state index is 12.2. The largest absolute Gasteiger partial charge is 0.334 e. The molecule has 0 atom stereocenters. The first kappa shape index (κ1) is 17.6. The number of hydrogen-bond donors (Lipinski definition) is 1. The number of carbonyl (C=O) groups is 1. The lowest BCUT2D eigenvalue weighted by molar-refractivity contribution is 0.0929. The quantitative estimate of drug-likeness (QED) is 0.900. The number of halogens is 1. The highest BCUT2D eigenvalue weighted by molar-refractivity contribution is 7.92. The van der Waals surface area contributed by atoms with Gasteiger partial charge in [0.25, 0.3) is 5.91 Å². The van der Waals surface area contributed by atoms with E-state index in [1.807, 2.05) is 6.07 Å². The van der Waals surface area contributed by atoms with Gasteiger partial charge in [0.05, 0.1) is 28.1 Å². The SMILES string of the molecule is CC(C)(C#N)NC(=O)c1ccc(N2CCCCS2(=O)=O)cc1Cl. The molecule has 6 nitrogen and oxygen atoms in total. The Morgan fingerprint density at radius 2 is 2.09 bits per heavy atom. The summed E-state index contributed by atoms with van der Waals surface area (Å²) in [4.78, 5) is 12.2. The molecular formula is C15H18ClN3O3S. The Morgan fingerprint density at radius 1 is 1.39 bits per heavy atom. The normalized spacial score (nSPS) is 17.4. The zero-order valence-electron chi connectivity index (χ0n) is 13.0. The van der Waals surface area contributed by atoms with Crippen molar-refractivity contribution in [2.24, 2.45) is 0 Å². The molecule has 1 aromatic rings. The topological polar surface area (TPSA) is 90.3 Å². The number of anilines is 1. The smallest absolute Gasteiger partial charge is 0.254 e. The number of amides is 1. The van der Waals surface area contributed by atoms with Crippen LogP contribution in [0.3, 0.4) is 0 Å². The minimum Gasteiger partial charge on any atom is -0.334 e. The summed E-state index contributed by atoms with van der Waals surface area (Å²) in [6, 6.07) is 6.48. The third-order valence-electron chi connectivity index (χ3n) is 3.54. The molecule has 1 fully saturated rings. The van der Waals surface area contributed by atoms with Gasteiger partial charge in [-0.1, -0.05) is 11.6 Å². The van der Waals surface area contributed by atoms with Crippen LogP contribution in [-0.2, 0) is 10.0 Å². The van der Waals surface area contributed by atoms with E-state index in [1.54, 1.807) is 19.9 Å². The van der Waals surface area contributed by atoms with Crippen molar-refractivity contribution in [3.63, 3.8) is 0 Å². The molecule has 1 saturated heterocycles. The Labute approximate surface area is 141 Å². The van der Waals surface area contributed by atoms with Crippen molar-refractivity contribution in [1.29, 1.82) is 5.26 Å². The molecule has 2 rings (SSSR count). The van der Waals surface area contributed by atoms with Crippen molar-refractivity contribution in [2.75, 3.05) is 16.6 Å². The fraction of sp³-hybridized carbons (Fsp3) is 0.467. The zero-order chi connectivity index (χ0) is 17.3. The Bertz CT molecular complexity index is 769. The number of nitrogens with one attached hydrogen (secondary N) is 1. The van der Waals surface area contributed by atoms with Gasteiger partial charge in [-0.15, -0.1) is 0 Å². The van der Waals surface area contributed by atoms with E-state index in [-0.39, 0.29) is 16.3 Å². The number of nitriles is 1. The molecule has 0 spiro atoms. The Kier molecular flexibility index (Phi) is 4.87. The number of nitrogens with zero attached hydrogens (tertiary/aromatic N) is 2. The van der Waals surface area contributed by atoms with Crippen molar-refractivity contribution in [3.8, 4) is 6.07 Å². The minimum absolute atomic E-state index is 0.114. The molecule has 1 aliphatic rings. The molecule has 1 aliphatic heterocycles.